The van der Waals surface area contributed by atoms with Crippen LogP contribution in [0.3, 0.4) is 0 Å². The third kappa shape index (κ3) is 4.52. The van der Waals surface area contributed by atoms with Crippen LogP contribution in [-0.4, -0.2) is 6.61 Å². The maximum absolute atomic E-state index is 13.4. The number of hydrogen-bond acceptors (Lipinski definition) is 1. The van der Waals surface area contributed by atoms with Gasteiger partial charge >= 0.3 is 0 Å². The Hall–Kier alpha value is -0.570. The summed E-state index contributed by atoms with van der Waals surface area (Å²) in [6.07, 6.45) is 1.10. The molecule has 0 aliphatic heterocycles. The van der Waals surface area contributed by atoms with E-state index >= 15 is 0 Å². The van der Waals surface area contributed by atoms with Gasteiger partial charge in [-0.15, -0.1) is 0 Å². The van der Waals surface area contributed by atoms with Crippen LogP contribution in [0.4, 0.5) is 4.39 Å². The zero-order valence-electron chi connectivity index (χ0n) is 9.97. The minimum Gasteiger partial charge on any atom is -0.490 e. The quantitative estimate of drug-likeness (QED) is 0.766. The minimum absolute atomic E-state index is 0.314. The highest BCUT2D eigenvalue weighted by Gasteiger charge is 2.08. The summed E-state index contributed by atoms with van der Waals surface area (Å²) in [5.41, 5.74) is 0. The van der Waals surface area contributed by atoms with Crippen molar-refractivity contribution in [3.63, 3.8) is 0 Å². The van der Waals surface area contributed by atoms with Crippen molar-refractivity contribution in [3.05, 3.63) is 28.5 Å². The zero-order valence-corrected chi connectivity index (χ0v) is 11.6. The van der Waals surface area contributed by atoms with Gasteiger partial charge in [-0.3, -0.25) is 0 Å². The summed E-state index contributed by atoms with van der Waals surface area (Å²) in [4.78, 5) is 0. The molecule has 0 aliphatic carbocycles. The van der Waals surface area contributed by atoms with Crippen LogP contribution in [-0.2, 0) is 0 Å². The number of hydrogen-bond donors (Lipinski definition) is 0. The molecule has 0 aromatic heterocycles. The molecule has 3 heteroatoms. The van der Waals surface area contributed by atoms with Crippen molar-refractivity contribution in [1.29, 1.82) is 0 Å². The number of halogens is 2. The van der Waals surface area contributed by atoms with E-state index in [2.05, 4.69) is 36.7 Å². The summed E-state index contributed by atoms with van der Waals surface area (Å²) < 4.78 is 19.6. The van der Waals surface area contributed by atoms with Crippen LogP contribution >= 0.6 is 15.9 Å². The lowest BCUT2D eigenvalue weighted by Crippen LogP contribution is -2.11. The molecule has 16 heavy (non-hydrogen) atoms. The van der Waals surface area contributed by atoms with Gasteiger partial charge in [-0.05, 0) is 36.5 Å². The molecule has 1 atom stereocenters. The van der Waals surface area contributed by atoms with Crippen molar-refractivity contribution in [2.45, 2.75) is 27.2 Å². The van der Waals surface area contributed by atoms with Crippen LogP contribution in [0.15, 0.2) is 22.7 Å². The van der Waals surface area contributed by atoms with Gasteiger partial charge in [0.1, 0.15) is 0 Å². The van der Waals surface area contributed by atoms with Crippen LogP contribution in [0.1, 0.15) is 27.2 Å². The minimum atomic E-state index is -0.314. The summed E-state index contributed by atoms with van der Waals surface area (Å²) in [7, 11) is 0. The second-order valence-electron chi connectivity index (χ2n) is 4.62. The average Bonchev–Trinajstić information content (AvgIpc) is 2.15. The number of benzene rings is 1. The monoisotopic (exact) mass is 288 g/mol. The molecule has 90 valence electrons. The van der Waals surface area contributed by atoms with Crippen molar-refractivity contribution < 1.29 is 9.13 Å². The van der Waals surface area contributed by atoms with E-state index in [1.165, 1.54) is 6.07 Å². The van der Waals surface area contributed by atoms with Crippen LogP contribution in [0.5, 0.6) is 5.75 Å². The van der Waals surface area contributed by atoms with Gasteiger partial charge in [0.15, 0.2) is 11.6 Å². The molecule has 0 fully saturated rings. The zero-order chi connectivity index (χ0) is 12.1. The highest BCUT2D eigenvalue weighted by Crippen LogP contribution is 2.22. The summed E-state index contributed by atoms with van der Waals surface area (Å²) in [5, 5.41) is 0. The van der Waals surface area contributed by atoms with Crippen LogP contribution in [0, 0.1) is 17.7 Å². The topological polar surface area (TPSA) is 9.23 Å². The average molecular weight is 289 g/mol. The van der Waals surface area contributed by atoms with Crippen LogP contribution in [0.25, 0.3) is 0 Å². The summed E-state index contributed by atoms with van der Waals surface area (Å²) in [6.45, 7) is 7.04. The molecule has 0 unspecified atom stereocenters. The fourth-order valence-electron chi connectivity index (χ4n) is 1.70. The Balaban J connectivity index is 2.48. The van der Waals surface area contributed by atoms with E-state index in [-0.39, 0.29) is 5.82 Å². The van der Waals surface area contributed by atoms with Crippen molar-refractivity contribution in [1.82, 2.24) is 0 Å². The Morgan fingerprint density at radius 1 is 1.31 bits per heavy atom. The molecule has 0 bridgehead atoms. The Morgan fingerprint density at radius 3 is 2.56 bits per heavy atom. The molecule has 0 amide bonds. The first-order valence-electron chi connectivity index (χ1n) is 5.57. The van der Waals surface area contributed by atoms with Gasteiger partial charge in [-0.2, -0.15) is 0 Å². The third-order valence-corrected chi connectivity index (χ3v) is 2.78. The molecule has 1 aromatic rings. The van der Waals surface area contributed by atoms with Gasteiger partial charge in [-0.25, -0.2) is 4.39 Å². The molecule has 0 saturated carbocycles. The first kappa shape index (κ1) is 13.5. The Bertz CT molecular complexity index is 339. The molecular weight excluding hydrogens is 271 g/mol. The predicted molar refractivity (Wildman–Crippen MR) is 68.2 cm³/mol. The first-order chi connectivity index (χ1) is 7.49. The second kappa shape index (κ2) is 6.24. The van der Waals surface area contributed by atoms with E-state index in [9.17, 15) is 4.39 Å². The van der Waals surface area contributed by atoms with Crippen molar-refractivity contribution in [3.8, 4) is 5.75 Å². The van der Waals surface area contributed by atoms with E-state index in [0.717, 1.165) is 10.9 Å². The molecule has 0 N–H and O–H groups in total. The number of ether oxygens (including phenoxy) is 1. The standard InChI is InChI=1S/C13H18BrFO/c1-9(2)6-10(3)8-16-13-5-4-11(14)7-12(13)15/h4-5,7,9-10H,6,8H2,1-3H3/t10-/m1/s1. The second-order valence-corrected chi connectivity index (χ2v) is 5.54. The summed E-state index contributed by atoms with van der Waals surface area (Å²) >= 11 is 3.21. The molecule has 1 rings (SSSR count). The lowest BCUT2D eigenvalue weighted by Gasteiger charge is -2.15. The molecule has 1 nitrogen and oxygen atoms in total. The SMILES string of the molecule is CC(C)C[C@@H](C)COc1ccc(Br)cc1F. The van der Waals surface area contributed by atoms with Crippen LogP contribution in [0.2, 0.25) is 0 Å². The van der Waals surface area contributed by atoms with Gasteiger partial charge in [0.25, 0.3) is 0 Å². The van der Waals surface area contributed by atoms with Gasteiger partial charge in [0.05, 0.1) is 6.61 Å². The molecule has 1 aromatic carbocycles. The Labute approximate surface area is 105 Å². The highest BCUT2D eigenvalue weighted by atomic mass is 79.9. The third-order valence-electron chi connectivity index (χ3n) is 2.29. The van der Waals surface area contributed by atoms with Gasteiger partial charge in [0, 0.05) is 4.47 Å². The van der Waals surface area contributed by atoms with E-state index in [1.54, 1.807) is 12.1 Å². The smallest absolute Gasteiger partial charge is 0.166 e. The molecule has 0 spiro atoms. The molecule has 0 radical (unpaired) electrons. The van der Waals surface area contributed by atoms with Gasteiger partial charge in [-0.1, -0.05) is 36.7 Å². The molecule has 0 saturated heterocycles. The van der Waals surface area contributed by atoms with Crippen molar-refractivity contribution in [2.75, 3.05) is 6.61 Å². The highest BCUT2D eigenvalue weighted by molar-refractivity contribution is 9.10. The van der Waals surface area contributed by atoms with E-state index < -0.39 is 0 Å². The Morgan fingerprint density at radius 2 is 2.00 bits per heavy atom. The van der Waals surface area contributed by atoms with Gasteiger partial charge in [0.2, 0.25) is 0 Å². The predicted octanol–water partition coefficient (Wildman–Crippen LogP) is 4.65. The van der Waals surface area contributed by atoms with Crippen molar-refractivity contribution in [2.24, 2.45) is 11.8 Å². The first-order valence-corrected chi connectivity index (χ1v) is 6.36. The van der Waals surface area contributed by atoms with Crippen LogP contribution < -0.4 is 4.74 Å². The molecular formula is C13H18BrFO. The fraction of sp³-hybridized carbons (Fsp3) is 0.538. The largest absolute Gasteiger partial charge is 0.490 e. The lowest BCUT2D eigenvalue weighted by atomic mass is 10.00. The molecule has 0 heterocycles. The number of rotatable bonds is 5. The van der Waals surface area contributed by atoms with Crippen molar-refractivity contribution >= 4 is 15.9 Å². The normalized spacial score (nSPS) is 12.9. The molecule has 0 aliphatic rings. The summed E-state index contributed by atoms with van der Waals surface area (Å²) in [5.74, 6) is 1.11. The van der Waals surface area contributed by atoms with Gasteiger partial charge < -0.3 is 4.74 Å². The van der Waals surface area contributed by atoms with E-state index in [4.69, 9.17) is 4.74 Å². The lowest BCUT2D eigenvalue weighted by molar-refractivity contribution is 0.230. The maximum Gasteiger partial charge on any atom is 0.166 e. The summed E-state index contributed by atoms with van der Waals surface area (Å²) in [6, 6.07) is 4.86. The van der Waals surface area contributed by atoms with E-state index in [1.807, 2.05) is 0 Å². The Kier molecular flexibility index (Phi) is 5.26. The fourth-order valence-corrected chi connectivity index (χ4v) is 2.03. The maximum atomic E-state index is 13.4. The van der Waals surface area contributed by atoms with E-state index in [0.29, 0.717) is 24.2 Å².